The van der Waals surface area contributed by atoms with Crippen LogP contribution in [-0.4, -0.2) is 32.7 Å². The van der Waals surface area contributed by atoms with Crippen molar-refractivity contribution in [3.8, 4) is 11.5 Å². The molecule has 0 saturated carbocycles. The SMILES string of the molecule is CCC(C)NCCC(=O)NCc1ccc(OC)c(OC)c1. The first-order chi connectivity index (χ1) is 10.1. The lowest BCUT2D eigenvalue weighted by atomic mass is 10.2. The number of methoxy groups -OCH3 is 2. The van der Waals surface area contributed by atoms with E-state index in [2.05, 4.69) is 24.5 Å². The van der Waals surface area contributed by atoms with E-state index in [1.54, 1.807) is 14.2 Å². The summed E-state index contributed by atoms with van der Waals surface area (Å²) >= 11 is 0. The first-order valence-corrected chi connectivity index (χ1v) is 7.31. The molecule has 21 heavy (non-hydrogen) atoms. The number of nitrogens with one attached hydrogen (secondary N) is 2. The van der Waals surface area contributed by atoms with E-state index >= 15 is 0 Å². The molecule has 1 atom stereocenters. The van der Waals surface area contributed by atoms with E-state index in [0.29, 0.717) is 37.1 Å². The number of carbonyl (C=O) groups excluding carboxylic acids is 1. The van der Waals surface area contributed by atoms with Crippen LogP contribution < -0.4 is 20.1 Å². The van der Waals surface area contributed by atoms with Gasteiger partial charge in [0.05, 0.1) is 14.2 Å². The van der Waals surface area contributed by atoms with Crippen LogP contribution in [0.25, 0.3) is 0 Å². The van der Waals surface area contributed by atoms with Crippen LogP contribution >= 0.6 is 0 Å². The molecular formula is C16H26N2O3. The molecule has 1 aromatic rings. The van der Waals surface area contributed by atoms with Crippen molar-refractivity contribution in [2.75, 3.05) is 20.8 Å². The minimum atomic E-state index is 0.0422. The van der Waals surface area contributed by atoms with Crippen molar-refractivity contribution in [2.45, 2.75) is 39.3 Å². The minimum Gasteiger partial charge on any atom is -0.493 e. The predicted molar refractivity (Wildman–Crippen MR) is 83.8 cm³/mol. The van der Waals surface area contributed by atoms with Crippen LogP contribution in [0.5, 0.6) is 11.5 Å². The molecule has 1 unspecified atom stereocenters. The van der Waals surface area contributed by atoms with Crippen LogP contribution in [0.4, 0.5) is 0 Å². The van der Waals surface area contributed by atoms with Crippen LogP contribution in [0.15, 0.2) is 18.2 Å². The Labute approximate surface area is 127 Å². The summed E-state index contributed by atoms with van der Waals surface area (Å²) in [5.74, 6) is 1.40. The van der Waals surface area contributed by atoms with Crippen LogP contribution in [-0.2, 0) is 11.3 Å². The van der Waals surface area contributed by atoms with Gasteiger partial charge in [-0.05, 0) is 31.0 Å². The van der Waals surface area contributed by atoms with E-state index in [-0.39, 0.29) is 5.91 Å². The Kier molecular flexibility index (Phi) is 7.61. The number of benzene rings is 1. The van der Waals surface area contributed by atoms with E-state index < -0.39 is 0 Å². The van der Waals surface area contributed by atoms with Gasteiger partial charge in [0.2, 0.25) is 5.91 Å². The van der Waals surface area contributed by atoms with Gasteiger partial charge in [0, 0.05) is 25.6 Å². The van der Waals surface area contributed by atoms with Gasteiger partial charge in [-0.15, -0.1) is 0 Å². The highest BCUT2D eigenvalue weighted by molar-refractivity contribution is 5.76. The third-order valence-corrected chi connectivity index (χ3v) is 3.39. The molecule has 0 aliphatic heterocycles. The van der Waals surface area contributed by atoms with Gasteiger partial charge in [-0.1, -0.05) is 13.0 Å². The van der Waals surface area contributed by atoms with Crippen molar-refractivity contribution in [1.82, 2.24) is 10.6 Å². The van der Waals surface area contributed by atoms with Gasteiger partial charge in [0.25, 0.3) is 0 Å². The summed E-state index contributed by atoms with van der Waals surface area (Å²) in [6.45, 7) is 5.42. The second kappa shape index (κ2) is 9.23. The Morgan fingerprint density at radius 3 is 2.57 bits per heavy atom. The first kappa shape index (κ1) is 17.3. The Morgan fingerprint density at radius 1 is 1.24 bits per heavy atom. The lowest BCUT2D eigenvalue weighted by molar-refractivity contribution is -0.121. The summed E-state index contributed by atoms with van der Waals surface area (Å²) in [5.41, 5.74) is 0.982. The molecule has 0 spiro atoms. The molecule has 5 nitrogen and oxygen atoms in total. The first-order valence-electron chi connectivity index (χ1n) is 7.31. The van der Waals surface area contributed by atoms with Gasteiger partial charge < -0.3 is 20.1 Å². The van der Waals surface area contributed by atoms with Crippen molar-refractivity contribution >= 4 is 5.91 Å². The number of rotatable bonds is 9. The molecule has 0 saturated heterocycles. The maximum atomic E-state index is 11.8. The molecule has 0 bridgehead atoms. The third-order valence-electron chi connectivity index (χ3n) is 3.39. The average Bonchev–Trinajstić information content (AvgIpc) is 2.52. The molecule has 0 fully saturated rings. The topological polar surface area (TPSA) is 59.6 Å². The zero-order valence-corrected chi connectivity index (χ0v) is 13.4. The lowest BCUT2D eigenvalue weighted by Crippen LogP contribution is -2.31. The number of hydrogen-bond donors (Lipinski definition) is 2. The molecular weight excluding hydrogens is 268 g/mol. The smallest absolute Gasteiger partial charge is 0.221 e. The van der Waals surface area contributed by atoms with Gasteiger partial charge in [-0.3, -0.25) is 4.79 Å². The summed E-state index contributed by atoms with van der Waals surface area (Å²) in [4.78, 5) is 11.8. The van der Waals surface area contributed by atoms with Crippen LogP contribution in [0.2, 0.25) is 0 Å². The Hall–Kier alpha value is -1.75. The lowest BCUT2D eigenvalue weighted by Gasteiger charge is -2.12. The Morgan fingerprint density at radius 2 is 1.95 bits per heavy atom. The zero-order chi connectivity index (χ0) is 15.7. The molecule has 118 valence electrons. The number of ether oxygens (including phenoxy) is 2. The standard InChI is InChI=1S/C16H26N2O3/c1-5-12(2)17-9-8-16(19)18-11-13-6-7-14(20-3)15(10-13)21-4/h6-7,10,12,17H,5,8-9,11H2,1-4H3,(H,18,19). The van der Waals surface area contributed by atoms with Crippen molar-refractivity contribution in [2.24, 2.45) is 0 Å². The Balaban J connectivity index is 2.39. The van der Waals surface area contributed by atoms with Crippen LogP contribution in [0.1, 0.15) is 32.3 Å². The van der Waals surface area contributed by atoms with Crippen molar-refractivity contribution < 1.29 is 14.3 Å². The fourth-order valence-electron chi connectivity index (χ4n) is 1.86. The number of carbonyl (C=O) groups is 1. The van der Waals surface area contributed by atoms with E-state index in [4.69, 9.17) is 9.47 Å². The quantitative estimate of drug-likeness (QED) is 0.732. The zero-order valence-electron chi connectivity index (χ0n) is 13.4. The second-order valence-corrected chi connectivity index (χ2v) is 4.98. The summed E-state index contributed by atoms with van der Waals surface area (Å²) in [6.07, 6.45) is 1.55. The molecule has 0 radical (unpaired) electrons. The molecule has 0 aromatic heterocycles. The molecule has 1 amide bonds. The van der Waals surface area contributed by atoms with Gasteiger partial charge in [0.1, 0.15) is 0 Å². The largest absolute Gasteiger partial charge is 0.493 e. The molecule has 1 aromatic carbocycles. The number of hydrogen-bond acceptors (Lipinski definition) is 4. The minimum absolute atomic E-state index is 0.0422. The summed E-state index contributed by atoms with van der Waals surface area (Å²) in [6, 6.07) is 6.07. The monoisotopic (exact) mass is 294 g/mol. The summed E-state index contributed by atoms with van der Waals surface area (Å²) in [7, 11) is 3.20. The number of amides is 1. The van der Waals surface area contributed by atoms with E-state index in [1.807, 2.05) is 18.2 Å². The fraction of sp³-hybridized carbons (Fsp3) is 0.562. The maximum Gasteiger partial charge on any atom is 0.221 e. The van der Waals surface area contributed by atoms with Gasteiger partial charge in [-0.25, -0.2) is 0 Å². The highest BCUT2D eigenvalue weighted by atomic mass is 16.5. The molecule has 1 rings (SSSR count). The molecule has 5 heteroatoms. The molecule has 2 N–H and O–H groups in total. The summed E-state index contributed by atoms with van der Waals surface area (Å²) in [5, 5.41) is 6.20. The fourth-order valence-corrected chi connectivity index (χ4v) is 1.86. The highest BCUT2D eigenvalue weighted by Gasteiger charge is 2.06. The average molecular weight is 294 g/mol. The van der Waals surface area contributed by atoms with E-state index in [0.717, 1.165) is 12.0 Å². The van der Waals surface area contributed by atoms with Crippen molar-refractivity contribution in [3.63, 3.8) is 0 Å². The predicted octanol–water partition coefficient (Wildman–Crippen LogP) is 2.10. The van der Waals surface area contributed by atoms with Crippen LogP contribution in [0.3, 0.4) is 0 Å². The highest BCUT2D eigenvalue weighted by Crippen LogP contribution is 2.27. The van der Waals surface area contributed by atoms with Gasteiger partial charge in [0.15, 0.2) is 11.5 Å². The van der Waals surface area contributed by atoms with Gasteiger partial charge in [-0.2, -0.15) is 0 Å². The van der Waals surface area contributed by atoms with Crippen molar-refractivity contribution in [3.05, 3.63) is 23.8 Å². The second-order valence-electron chi connectivity index (χ2n) is 4.98. The van der Waals surface area contributed by atoms with Crippen molar-refractivity contribution in [1.29, 1.82) is 0 Å². The Bertz CT molecular complexity index is 449. The molecule has 0 aliphatic carbocycles. The third kappa shape index (κ3) is 6.04. The van der Waals surface area contributed by atoms with E-state index in [1.165, 1.54) is 0 Å². The molecule has 0 aliphatic rings. The van der Waals surface area contributed by atoms with Gasteiger partial charge >= 0.3 is 0 Å². The van der Waals surface area contributed by atoms with Crippen LogP contribution in [0, 0.1) is 0 Å². The summed E-state index contributed by atoms with van der Waals surface area (Å²) < 4.78 is 10.4. The maximum absolute atomic E-state index is 11.8. The normalized spacial score (nSPS) is 11.8. The molecule has 0 heterocycles. The van der Waals surface area contributed by atoms with E-state index in [9.17, 15) is 4.79 Å².